The molecule has 2 aromatic carbocycles. The topological polar surface area (TPSA) is 41.1 Å². The molecule has 19 heavy (non-hydrogen) atoms. The second kappa shape index (κ2) is 4.12. The highest BCUT2D eigenvalue weighted by molar-refractivity contribution is 6.02. The van der Waals surface area contributed by atoms with Gasteiger partial charge in [0, 0.05) is 5.69 Å². The number of amides is 1. The highest BCUT2D eigenvalue weighted by Gasteiger charge is 2.34. The molecular weight excluding hydrogens is 236 g/mol. The van der Waals surface area contributed by atoms with Crippen LogP contribution >= 0.6 is 0 Å². The Morgan fingerprint density at radius 1 is 0.947 bits per heavy atom. The van der Waals surface area contributed by atoms with Crippen molar-refractivity contribution in [2.24, 2.45) is 0 Å². The molecule has 0 spiro atoms. The number of aryl methyl sites for hydroxylation is 1. The second-order valence-electron chi connectivity index (χ2n) is 5.12. The number of hydrogen-bond acceptors (Lipinski definition) is 2. The van der Waals surface area contributed by atoms with Crippen LogP contribution in [0.2, 0.25) is 0 Å². The zero-order chi connectivity index (χ0) is 13.5. The van der Waals surface area contributed by atoms with Gasteiger partial charge in [0.2, 0.25) is 0 Å². The molecule has 0 radical (unpaired) electrons. The van der Waals surface area contributed by atoms with Gasteiger partial charge in [-0.1, -0.05) is 42.0 Å². The van der Waals surface area contributed by atoms with E-state index >= 15 is 0 Å². The van der Waals surface area contributed by atoms with Crippen molar-refractivity contribution in [2.75, 3.05) is 5.32 Å². The van der Waals surface area contributed by atoms with E-state index in [0.29, 0.717) is 5.56 Å². The Labute approximate surface area is 112 Å². The van der Waals surface area contributed by atoms with Crippen molar-refractivity contribution in [3.05, 3.63) is 65.2 Å². The number of nitrogens with one attached hydrogen (secondary N) is 2. The molecule has 2 N–H and O–H groups in total. The highest BCUT2D eigenvalue weighted by atomic mass is 16.2. The minimum absolute atomic E-state index is 0.0441. The monoisotopic (exact) mass is 252 g/mol. The van der Waals surface area contributed by atoms with E-state index in [4.69, 9.17) is 0 Å². The summed E-state index contributed by atoms with van der Waals surface area (Å²) in [5.41, 5.74) is 3.23. The first kappa shape index (κ1) is 11.8. The quantitative estimate of drug-likeness (QED) is 0.819. The number of anilines is 1. The van der Waals surface area contributed by atoms with Gasteiger partial charge >= 0.3 is 0 Å². The van der Waals surface area contributed by atoms with Crippen molar-refractivity contribution in [3.8, 4) is 0 Å². The SMILES string of the molecule is Cc1ccc([C@]2(C)NC(=O)c3ccccc3N2)cc1. The number of hydrogen-bond donors (Lipinski definition) is 2. The van der Waals surface area contributed by atoms with Crippen LogP contribution in [0.25, 0.3) is 0 Å². The van der Waals surface area contributed by atoms with E-state index in [1.807, 2.05) is 50.2 Å². The molecule has 0 bridgehead atoms. The molecule has 3 nitrogen and oxygen atoms in total. The summed E-state index contributed by atoms with van der Waals surface area (Å²) in [7, 11) is 0. The largest absolute Gasteiger partial charge is 0.359 e. The van der Waals surface area contributed by atoms with Gasteiger partial charge in [0.05, 0.1) is 5.56 Å². The second-order valence-corrected chi connectivity index (χ2v) is 5.12. The van der Waals surface area contributed by atoms with Crippen LogP contribution in [0.1, 0.15) is 28.4 Å². The maximum Gasteiger partial charge on any atom is 0.255 e. The summed E-state index contributed by atoms with van der Waals surface area (Å²) >= 11 is 0. The Morgan fingerprint density at radius 2 is 1.63 bits per heavy atom. The first-order valence-corrected chi connectivity index (χ1v) is 6.35. The number of fused-ring (bicyclic) bond motifs is 1. The zero-order valence-corrected chi connectivity index (χ0v) is 11.0. The normalized spacial score (nSPS) is 21.3. The van der Waals surface area contributed by atoms with Gasteiger partial charge in [-0.3, -0.25) is 4.79 Å². The molecule has 0 unspecified atom stereocenters. The molecule has 0 saturated carbocycles. The fourth-order valence-electron chi connectivity index (χ4n) is 2.42. The molecule has 0 aromatic heterocycles. The molecule has 3 rings (SSSR count). The van der Waals surface area contributed by atoms with Crippen molar-refractivity contribution in [2.45, 2.75) is 19.5 Å². The summed E-state index contributed by atoms with van der Waals surface area (Å²) in [5.74, 6) is -0.0441. The number of rotatable bonds is 1. The fraction of sp³-hybridized carbons (Fsp3) is 0.188. The van der Waals surface area contributed by atoms with Gasteiger partial charge in [0.1, 0.15) is 5.66 Å². The Kier molecular flexibility index (Phi) is 2.56. The molecule has 0 saturated heterocycles. The lowest BCUT2D eigenvalue weighted by molar-refractivity contribution is 0.0906. The zero-order valence-electron chi connectivity index (χ0n) is 11.0. The van der Waals surface area contributed by atoms with Gasteiger partial charge in [-0.05, 0) is 31.5 Å². The van der Waals surface area contributed by atoms with E-state index < -0.39 is 5.66 Å². The predicted octanol–water partition coefficient (Wildman–Crippen LogP) is 3.02. The first-order valence-electron chi connectivity index (χ1n) is 6.35. The molecule has 1 heterocycles. The van der Waals surface area contributed by atoms with Crippen molar-refractivity contribution < 1.29 is 4.79 Å². The third-order valence-corrected chi connectivity index (χ3v) is 3.55. The van der Waals surface area contributed by atoms with E-state index in [0.717, 1.165) is 11.3 Å². The Bertz CT molecular complexity index is 633. The van der Waals surface area contributed by atoms with Crippen LogP contribution in [-0.4, -0.2) is 5.91 Å². The Morgan fingerprint density at radius 3 is 2.37 bits per heavy atom. The number of para-hydroxylation sites is 1. The Balaban J connectivity index is 2.04. The maximum absolute atomic E-state index is 12.2. The van der Waals surface area contributed by atoms with E-state index in [-0.39, 0.29) is 5.91 Å². The van der Waals surface area contributed by atoms with E-state index in [2.05, 4.69) is 22.8 Å². The lowest BCUT2D eigenvalue weighted by Gasteiger charge is -2.38. The summed E-state index contributed by atoms with van der Waals surface area (Å²) < 4.78 is 0. The summed E-state index contributed by atoms with van der Waals surface area (Å²) in [6.07, 6.45) is 0. The number of carbonyl (C=O) groups is 1. The average Bonchev–Trinajstić information content (AvgIpc) is 2.39. The first-order chi connectivity index (χ1) is 9.08. The van der Waals surface area contributed by atoms with Crippen molar-refractivity contribution in [1.29, 1.82) is 0 Å². The average molecular weight is 252 g/mol. The molecular formula is C16H16N2O. The van der Waals surface area contributed by atoms with Crippen LogP contribution in [0.3, 0.4) is 0 Å². The van der Waals surface area contributed by atoms with Crippen molar-refractivity contribution in [1.82, 2.24) is 5.32 Å². The molecule has 2 aromatic rings. The minimum atomic E-state index is -0.570. The van der Waals surface area contributed by atoms with Crippen LogP contribution in [0.5, 0.6) is 0 Å². The summed E-state index contributed by atoms with van der Waals surface area (Å²) in [4.78, 5) is 12.2. The van der Waals surface area contributed by atoms with E-state index in [1.54, 1.807) is 0 Å². The van der Waals surface area contributed by atoms with Gasteiger partial charge in [-0.2, -0.15) is 0 Å². The maximum atomic E-state index is 12.2. The highest BCUT2D eigenvalue weighted by Crippen LogP contribution is 2.30. The molecule has 96 valence electrons. The van der Waals surface area contributed by atoms with Gasteiger partial charge in [-0.25, -0.2) is 0 Å². The predicted molar refractivity (Wildman–Crippen MR) is 76.1 cm³/mol. The number of carbonyl (C=O) groups excluding carboxylic acids is 1. The summed E-state index contributed by atoms with van der Waals surface area (Å²) in [5, 5.41) is 6.44. The standard InChI is InChI=1S/C16H16N2O/c1-11-7-9-12(10-8-11)16(2)17-14-6-4-3-5-13(14)15(19)18-16/h3-10,17H,1-2H3,(H,18,19)/t16-/m0/s1. The molecule has 0 fully saturated rings. The molecule has 1 amide bonds. The third-order valence-electron chi connectivity index (χ3n) is 3.55. The van der Waals surface area contributed by atoms with Gasteiger partial charge in [-0.15, -0.1) is 0 Å². The van der Waals surface area contributed by atoms with Gasteiger partial charge in [0.15, 0.2) is 0 Å². The summed E-state index contributed by atoms with van der Waals surface area (Å²) in [6.45, 7) is 4.03. The summed E-state index contributed by atoms with van der Waals surface area (Å²) in [6, 6.07) is 15.7. The van der Waals surface area contributed by atoms with Crippen LogP contribution in [0.4, 0.5) is 5.69 Å². The number of benzene rings is 2. The molecule has 1 atom stereocenters. The Hall–Kier alpha value is -2.29. The molecule has 1 aliphatic rings. The van der Waals surface area contributed by atoms with Gasteiger partial charge < -0.3 is 10.6 Å². The lowest BCUT2D eigenvalue weighted by atomic mass is 9.95. The minimum Gasteiger partial charge on any atom is -0.359 e. The third kappa shape index (κ3) is 1.97. The molecule has 0 aliphatic carbocycles. The van der Waals surface area contributed by atoms with Crippen LogP contribution in [0.15, 0.2) is 48.5 Å². The van der Waals surface area contributed by atoms with E-state index in [9.17, 15) is 4.79 Å². The smallest absolute Gasteiger partial charge is 0.255 e. The lowest BCUT2D eigenvalue weighted by Crippen LogP contribution is -2.52. The molecule has 3 heteroatoms. The van der Waals surface area contributed by atoms with Crippen LogP contribution in [-0.2, 0) is 5.66 Å². The van der Waals surface area contributed by atoms with E-state index in [1.165, 1.54) is 5.56 Å². The molecule has 1 aliphatic heterocycles. The van der Waals surface area contributed by atoms with Crippen molar-refractivity contribution in [3.63, 3.8) is 0 Å². The van der Waals surface area contributed by atoms with Crippen LogP contribution < -0.4 is 10.6 Å². The fourth-order valence-corrected chi connectivity index (χ4v) is 2.42. The van der Waals surface area contributed by atoms with Gasteiger partial charge in [0.25, 0.3) is 5.91 Å². The van der Waals surface area contributed by atoms with Crippen molar-refractivity contribution >= 4 is 11.6 Å². The van der Waals surface area contributed by atoms with Crippen LogP contribution in [0, 0.1) is 6.92 Å².